The van der Waals surface area contributed by atoms with Crippen molar-refractivity contribution in [3.05, 3.63) is 28.7 Å². The molecule has 0 saturated heterocycles. The van der Waals surface area contributed by atoms with Crippen LogP contribution in [0, 0.1) is 5.39 Å². The van der Waals surface area contributed by atoms with E-state index in [0.717, 1.165) is 12.8 Å². The highest BCUT2D eigenvalue weighted by atomic mass is 28.4. The topological polar surface area (TPSA) is 101 Å². The number of ketones is 1. The first-order valence-electron chi connectivity index (χ1n) is 9.30. The molecule has 8 heteroatoms. The molecule has 0 radical (unpaired) electrons. The molecule has 1 aromatic carbocycles. The molecule has 7 nitrogen and oxygen atoms in total. The maximum atomic E-state index is 12.3. The molecular weight excluding hydrogens is 364 g/mol. The molecule has 0 saturated carbocycles. The number of Topliss-reactive ketones (excluding diaryl/α,β-unsaturated/α-hetero) is 1. The Morgan fingerprint density at radius 2 is 1.93 bits per heavy atom. The van der Waals surface area contributed by atoms with Crippen molar-refractivity contribution in [1.82, 2.24) is 0 Å². The van der Waals surface area contributed by atoms with Crippen LogP contribution in [0.25, 0.3) is 4.98 Å². The van der Waals surface area contributed by atoms with E-state index >= 15 is 0 Å². The molecule has 0 spiro atoms. The minimum Gasteiger partial charge on any atom is -0.486 e. The molecule has 1 N–H and O–H groups in total. The zero-order valence-electron chi connectivity index (χ0n) is 16.4. The Hall–Kier alpha value is -2.24. The van der Waals surface area contributed by atoms with Crippen LogP contribution in [-0.4, -0.2) is 38.1 Å². The van der Waals surface area contributed by atoms with E-state index < -0.39 is 14.3 Å². The predicted octanol–water partition coefficient (Wildman–Crippen LogP) is 4.44. The summed E-state index contributed by atoms with van der Waals surface area (Å²) in [5.41, 5.74) is 0.659. The van der Waals surface area contributed by atoms with Crippen LogP contribution in [0.4, 0.5) is 5.69 Å². The fourth-order valence-electron chi connectivity index (χ4n) is 2.34. The van der Waals surface area contributed by atoms with Gasteiger partial charge in [-0.2, -0.15) is 0 Å². The highest BCUT2D eigenvalue weighted by Crippen LogP contribution is 2.29. The van der Waals surface area contributed by atoms with E-state index in [0.29, 0.717) is 30.4 Å². The Morgan fingerprint density at radius 3 is 2.56 bits per heavy atom. The summed E-state index contributed by atoms with van der Waals surface area (Å²) in [6.07, 6.45) is 2.47. The maximum Gasteiger partial charge on any atom is 0.426 e. The van der Waals surface area contributed by atoms with Crippen molar-refractivity contribution in [2.45, 2.75) is 58.2 Å². The summed E-state index contributed by atoms with van der Waals surface area (Å²) < 4.78 is 10.7. The molecule has 27 heavy (non-hydrogen) atoms. The molecule has 1 aromatic rings. The highest BCUT2D eigenvalue weighted by Gasteiger charge is 2.19. The van der Waals surface area contributed by atoms with Gasteiger partial charge in [-0.3, -0.25) is 9.59 Å². The number of rotatable bonds is 12. The van der Waals surface area contributed by atoms with Gasteiger partial charge < -0.3 is 14.3 Å². The number of unbranched alkanes of at least 4 members (excludes halogenated alkanes) is 1. The van der Waals surface area contributed by atoms with Crippen LogP contribution in [0.3, 0.4) is 0 Å². The molecule has 0 aliphatic heterocycles. The lowest BCUT2D eigenvalue weighted by Crippen LogP contribution is -2.25. The van der Waals surface area contributed by atoms with Crippen molar-refractivity contribution in [2.24, 2.45) is 0 Å². The fourth-order valence-corrected chi connectivity index (χ4v) is 3.34. The lowest BCUT2D eigenvalue weighted by Gasteiger charge is -2.13. The molecule has 0 atom stereocenters. The maximum absolute atomic E-state index is 12.3. The second kappa shape index (κ2) is 11.5. The van der Waals surface area contributed by atoms with E-state index in [1.54, 1.807) is 6.07 Å². The van der Waals surface area contributed by atoms with Gasteiger partial charge in [0.15, 0.2) is 19.1 Å². The number of carbonyl (C=O) groups excluding carboxylic acids is 2. The van der Waals surface area contributed by atoms with Crippen molar-refractivity contribution >= 4 is 25.8 Å². The molecule has 0 fully saturated rings. The van der Waals surface area contributed by atoms with Crippen LogP contribution in [0.5, 0.6) is 5.75 Å². The Balaban J connectivity index is 2.50. The first kappa shape index (κ1) is 22.8. The number of hydrogen-bond donors (Lipinski definition) is 1. The van der Waals surface area contributed by atoms with Gasteiger partial charge in [-0.1, -0.05) is 13.3 Å². The summed E-state index contributed by atoms with van der Waals surface area (Å²) in [7, 11) is -2.12. The van der Waals surface area contributed by atoms with Gasteiger partial charge in [-0.05, 0) is 44.1 Å². The van der Waals surface area contributed by atoms with Gasteiger partial charge in [0.1, 0.15) is 0 Å². The summed E-state index contributed by atoms with van der Waals surface area (Å²) in [5.74, 6) is -0.294. The van der Waals surface area contributed by atoms with Crippen LogP contribution < -0.4 is 4.74 Å². The minimum atomic E-state index is -2.12. The number of benzene rings is 1. The van der Waals surface area contributed by atoms with E-state index in [9.17, 15) is 14.4 Å². The summed E-state index contributed by atoms with van der Waals surface area (Å²) in [4.78, 5) is 36.9. The zero-order valence-corrected chi connectivity index (χ0v) is 17.4. The molecule has 0 bridgehead atoms. The quantitative estimate of drug-likeness (QED) is 0.185. The molecule has 148 valence electrons. The predicted molar refractivity (Wildman–Crippen MR) is 105 cm³/mol. The summed E-state index contributed by atoms with van der Waals surface area (Å²) in [6.45, 7) is 6.43. The standard InChI is InChI=1S/C19H29N2O5Si/c1-4-5-11-25-18-14-15(7-8-16(18)21-20)17(22)9-10-19(23)26-12-6-13-27(2,3)24/h7-8,14,24H,4-6,9-13H2,1-3H3/q+1. The minimum absolute atomic E-state index is 0.00304. The Labute approximate surface area is 161 Å². The Morgan fingerprint density at radius 1 is 1.19 bits per heavy atom. The van der Waals surface area contributed by atoms with Crippen LogP contribution in [-0.2, 0) is 9.53 Å². The van der Waals surface area contributed by atoms with Gasteiger partial charge in [-0.15, -0.1) is 0 Å². The van der Waals surface area contributed by atoms with Crippen LogP contribution in [0.1, 0.15) is 49.4 Å². The number of hydrogen-bond acceptors (Lipinski definition) is 6. The average Bonchev–Trinajstić information content (AvgIpc) is 2.62. The molecule has 0 aliphatic rings. The highest BCUT2D eigenvalue weighted by molar-refractivity contribution is 6.69. The second-order valence-electron chi connectivity index (χ2n) is 7.04. The second-order valence-corrected chi connectivity index (χ2v) is 11.2. The normalized spacial score (nSPS) is 10.9. The van der Waals surface area contributed by atoms with Gasteiger partial charge in [0, 0.05) is 18.1 Å². The largest absolute Gasteiger partial charge is 0.486 e. The summed E-state index contributed by atoms with van der Waals surface area (Å²) in [6, 6.07) is 5.26. The lowest BCUT2D eigenvalue weighted by molar-refractivity contribution is -0.143. The first-order valence-corrected chi connectivity index (χ1v) is 12.5. The van der Waals surface area contributed by atoms with E-state index in [2.05, 4.69) is 4.98 Å². The molecule has 0 unspecified atom stereocenters. The van der Waals surface area contributed by atoms with Gasteiger partial charge in [0.25, 0.3) is 0 Å². The molecule has 0 amide bonds. The summed E-state index contributed by atoms with van der Waals surface area (Å²) >= 11 is 0. The Kier molecular flexibility index (Phi) is 9.68. The van der Waals surface area contributed by atoms with Crippen LogP contribution >= 0.6 is 0 Å². The van der Waals surface area contributed by atoms with Gasteiger partial charge in [0.2, 0.25) is 11.1 Å². The lowest BCUT2D eigenvalue weighted by atomic mass is 10.1. The van der Waals surface area contributed by atoms with Gasteiger partial charge in [-0.25, -0.2) is 0 Å². The van der Waals surface area contributed by atoms with E-state index in [-0.39, 0.29) is 30.9 Å². The van der Waals surface area contributed by atoms with Crippen molar-refractivity contribution in [2.75, 3.05) is 13.2 Å². The van der Waals surface area contributed by atoms with Crippen molar-refractivity contribution in [1.29, 1.82) is 5.39 Å². The monoisotopic (exact) mass is 393 g/mol. The van der Waals surface area contributed by atoms with Crippen molar-refractivity contribution in [3.63, 3.8) is 0 Å². The summed E-state index contributed by atoms with van der Waals surface area (Å²) in [5, 5.41) is 9.02. The number of ether oxygens (including phenoxy) is 2. The molecule has 1 rings (SSSR count). The number of carbonyl (C=O) groups is 2. The number of diazo groups is 1. The van der Waals surface area contributed by atoms with Gasteiger partial charge in [0.05, 0.1) is 19.6 Å². The van der Waals surface area contributed by atoms with Crippen molar-refractivity contribution < 1.29 is 23.9 Å². The van der Waals surface area contributed by atoms with Crippen molar-refractivity contribution in [3.8, 4) is 5.75 Å². The van der Waals surface area contributed by atoms with E-state index in [4.69, 9.17) is 14.9 Å². The fraction of sp³-hybridized carbons (Fsp3) is 0.579. The smallest absolute Gasteiger partial charge is 0.426 e. The third-order valence-electron chi connectivity index (χ3n) is 3.90. The van der Waals surface area contributed by atoms with Gasteiger partial charge >= 0.3 is 11.7 Å². The van der Waals surface area contributed by atoms with Crippen LogP contribution in [0.15, 0.2) is 18.2 Å². The zero-order chi connectivity index (χ0) is 20.3. The van der Waals surface area contributed by atoms with E-state index in [1.807, 2.05) is 20.0 Å². The SMILES string of the molecule is CCCCOc1cc(C(=O)CCC(=O)OCCC[Si](C)(C)O)ccc1[N+]#N. The number of esters is 1. The molecular formula is C19H29N2O5Si+. The van der Waals surface area contributed by atoms with Crippen LogP contribution in [0.2, 0.25) is 19.1 Å². The molecule has 0 aliphatic carbocycles. The third kappa shape index (κ3) is 9.31. The molecule has 0 aromatic heterocycles. The molecule has 0 heterocycles. The first-order chi connectivity index (χ1) is 12.8. The van der Waals surface area contributed by atoms with E-state index in [1.165, 1.54) is 12.1 Å². The third-order valence-corrected chi connectivity index (χ3v) is 5.47. The average molecular weight is 394 g/mol. The number of nitrogens with zero attached hydrogens (tertiary/aromatic N) is 2. The Bertz CT molecular complexity index is 680.